The van der Waals surface area contributed by atoms with Crippen molar-refractivity contribution < 1.29 is 4.42 Å². The summed E-state index contributed by atoms with van der Waals surface area (Å²) >= 11 is 0. The van der Waals surface area contributed by atoms with Crippen LogP contribution in [0, 0.1) is 0 Å². The Morgan fingerprint density at radius 1 is 0.308 bits per heavy atom. The molecule has 0 amide bonds. The van der Waals surface area contributed by atoms with Crippen LogP contribution < -0.4 is 4.90 Å². The van der Waals surface area contributed by atoms with Crippen LogP contribution in [0.25, 0.3) is 76.9 Å². The molecular weight excluding hydrogens is 631 g/mol. The standard InChI is InChI=1S/C50H33NO/c1-2-14-36(15-3-1)44-27-12-29-46-47-30-13-28-45(50(47)52-49(44)46)38-21-9-23-40(33-38)51(48-31-11-19-35-17-5-7-25-43(35)48)39-22-8-20-37(32-39)42-26-10-18-34-16-4-6-24-41(34)42/h1-33H. The number of para-hydroxylation sites is 2. The molecule has 10 aromatic rings. The predicted molar refractivity (Wildman–Crippen MR) is 220 cm³/mol. The van der Waals surface area contributed by atoms with E-state index in [4.69, 9.17) is 4.42 Å². The second-order valence-electron chi connectivity index (χ2n) is 13.3. The third-order valence-corrected chi connectivity index (χ3v) is 10.2. The molecule has 0 radical (unpaired) electrons. The quantitative estimate of drug-likeness (QED) is 0.176. The Bertz CT molecular complexity index is 2910. The van der Waals surface area contributed by atoms with E-state index in [0.29, 0.717) is 0 Å². The van der Waals surface area contributed by atoms with Gasteiger partial charge in [-0.2, -0.15) is 0 Å². The SMILES string of the molecule is c1ccc(-c2cccc3c2oc2c(-c4cccc(N(c5cccc(-c6cccc7ccccc67)c5)c5cccc6ccccc56)c4)cccc23)cc1. The van der Waals surface area contributed by atoms with Crippen LogP contribution in [0.3, 0.4) is 0 Å². The summed E-state index contributed by atoms with van der Waals surface area (Å²) in [5.74, 6) is 0. The number of hydrogen-bond acceptors (Lipinski definition) is 2. The van der Waals surface area contributed by atoms with Crippen molar-refractivity contribution >= 4 is 60.5 Å². The molecule has 0 saturated heterocycles. The van der Waals surface area contributed by atoms with Crippen LogP contribution in [-0.2, 0) is 0 Å². The van der Waals surface area contributed by atoms with E-state index < -0.39 is 0 Å². The highest BCUT2D eigenvalue weighted by molar-refractivity contribution is 6.13. The molecule has 0 saturated carbocycles. The van der Waals surface area contributed by atoms with E-state index in [2.05, 4.69) is 205 Å². The Hall–Kier alpha value is -6.90. The van der Waals surface area contributed by atoms with Crippen molar-refractivity contribution in [2.45, 2.75) is 0 Å². The molecule has 0 unspecified atom stereocenters. The highest BCUT2D eigenvalue weighted by atomic mass is 16.3. The highest BCUT2D eigenvalue weighted by Crippen LogP contribution is 2.44. The van der Waals surface area contributed by atoms with Crippen LogP contribution in [0.15, 0.2) is 205 Å². The summed E-state index contributed by atoms with van der Waals surface area (Å²) in [6, 6.07) is 71.6. The molecule has 0 aliphatic heterocycles. The van der Waals surface area contributed by atoms with E-state index in [0.717, 1.165) is 61.3 Å². The fourth-order valence-electron chi connectivity index (χ4n) is 7.83. The zero-order valence-corrected chi connectivity index (χ0v) is 28.4. The number of rotatable bonds is 6. The zero-order chi connectivity index (χ0) is 34.4. The normalized spacial score (nSPS) is 11.5. The zero-order valence-electron chi connectivity index (χ0n) is 28.4. The lowest BCUT2D eigenvalue weighted by molar-refractivity contribution is 0.671. The van der Waals surface area contributed by atoms with E-state index in [-0.39, 0.29) is 0 Å². The Kier molecular flexibility index (Phi) is 7.18. The molecule has 52 heavy (non-hydrogen) atoms. The van der Waals surface area contributed by atoms with Crippen LogP contribution in [0.2, 0.25) is 0 Å². The minimum atomic E-state index is 0.896. The highest BCUT2D eigenvalue weighted by Gasteiger charge is 2.19. The van der Waals surface area contributed by atoms with Gasteiger partial charge in [0.2, 0.25) is 0 Å². The van der Waals surface area contributed by atoms with Crippen LogP contribution in [0.4, 0.5) is 17.1 Å². The fraction of sp³-hybridized carbons (Fsp3) is 0. The summed E-state index contributed by atoms with van der Waals surface area (Å²) < 4.78 is 6.84. The fourth-order valence-corrected chi connectivity index (χ4v) is 7.83. The van der Waals surface area contributed by atoms with Crippen molar-refractivity contribution in [2.75, 3.05) is 4.90 Å². The van der Waals surface area contributed by atoms with Crippen molar-refractivity contribution in [1.82, 2.24) is 0 Å². The molecule has 2 heteroatoms. The maximum absolute atomic E-state index is 6.84. The van der Waals surface area contributed by atoms with Crippen molar-refractivity contribution in [3.8, 4) is 33.4 Å². The molecule has 244 valence electrons. The van der Waals surface area contributed by atoms with Crippen LogP contribution in [0.1, 0.15) is 0 Å². The number of fused-ring (bicyclic) bond motifs is 5. The minimum Gasteiger partial charge on any atom is -0.455 e. The van der Waals surface area contributed by atoms with Gasteiger partial charge in [-0.1, -0.05) is 170 Å². The van der Waals surface area contributed by atoms with Crippen LogP contribution >= 0.6 is 0 Å². The Morgan fingerprint density at radius 3 is 1.44 bits per heavy atom. The van der Waals surface area contributed by atoms with Crippen LogP contribution in [0.5, 0.6) is 0 Å². The monoisotopic (exact) mass is 663 g/mol. The predicted octanol–water partition coefficient (Wildman–Crippen LogP) is 14.4. The van der Waals surface area contributed by atoms with Crippen molar-refractivity contribution in [1.29, 1.82) is 0 Å². The third kappa shape index (κ3) is 5.04. The van der Waals surface area contributed by atoms with Crippen molar-refractivity contribution in [2.24, 2.45) is 0 Å². The maximum Gasteiger partial charge on any atom is 0.143 e. The number of furan rings is 1. The molecular formula is C50H33NO. The third-order valence-electron chi connectivity index (χ3n) is 10.2. The Balaban J connectivity index is 1.16. The van der Waals surface area contributed by atoms with E-state index >= 15 is 0 Å². The lowest BCUT2D eigenvalue weighted by Gasteiger charge is -2.28. The van der Waals surface area contributed by atoms with Gasteiger partial charge in [-0.05, 0) is 68.7 Å². The average Bonchev–Trinajstić information content (AvgIpc) is 3.61. The molecule has 0 bridgehead atoms. The van der Waals surface area contributed by atoms with E-state index in [9.17, 15) is 0 Å². The average molecular weight is 664 g/mol. The van der Waals surface area contributed by atoms with Gasteiger partial charge in [0.1, 0.15) is 11.2 Å². The molecule has 1 aromatic heterocycles. The molecule has 1 heterocycles. The summed E-state index contributed by atoms with van der Waals surface area (Å²) in [6.45, 7) is 0. The van der Waals surface area contributed by atoms with E-state index in [1.165, 1.54) is 32.7 Å². The summed E-state index contributed by atoms with van der Waals surface area (Å²) in [5, 5.41) is 7.11. The topological polar surface area (TPSA) is 16.4 Å². The number of benzene rings is 9. The molecule has 0 atom stereocenters. The van der Waals surface area contributed by atoms with Gasteiger partial charge in [0, 0.05) is 38.7 Å². The second-order valence-corrected chi connectivity index (χ2v) is 13.3. The molecule has 0 N–H and O–H groups in total. The lowest BCUT2D eigenvalue weighted by atomic mass is 9.97. The summed E-state index contributed by atoms with van der Waals surface area (Å²) in [7, 11) is 0. The molecule has 0 fully saturated rings. The largest absolute Gasteiger partial charge is 0.455 e. The van der Waals surface area contributed by atoms with Gasteiger partial charge in [0.05, 0.1) is 5.69 Å². The Morgan fingerprint density at radius 2 is 0.750 bits per heavy atom. The molecule has 0 aliphatic carbocycles. The first-order chi connectivity index (χ1) is 25.8. The van der Waals surface area contributed by atoms with Gasteiger partial charge in [-0.3, -0.25) is 0 Å². The maximum atomic E-state index is 6.84. The molecule has 0 spiro atoms. The molecule has 9 aromatic carbocycles. The van der Waals surface area contributed by atoms with Crippen LogP contribution in [-0.4, -0.2) is 0 Å². The summed E-state index contributed by atoms with van der Waals surface area (Å²) in [6.07, 6.45) is 0. The van der Waals surface area contributed by atoms with Gasteiger partial charge < -0.3 is 9.32 Å². The smallest absolute Gasteiger partial charge is 0.143 e. The molecule has 2 nitrogen and oxygen atoms in total. The van der Waals surface area contributed by atoms with Gasteiger partial charge in [0.25, 0.3) is 0 Å². The van der Waals surface area contributed by atoms with Crippen molar-refractivity contribution in [3.05, 3.63) is 200 Å². The minimum absolute atomic E-state index is 0.896. The molecule has 0 aliphatic rings. The van der Waals surface area contributed by atoms with Gasteiger partial charge >= 0.3 is 0 Å². The number of nitrogens with zero attached hydrogens (tertiary/aromatic N) is 1. The molecule has 10 rings (SSSR count). The lowest BCUT2D eigenvalue weighted by Crippen LogP contribution is -2.10. The van der Waals surface area contributed by atoms with Crippen molar-refractivity contribution in [3.63, 3.8) is 0 Å². The van der Waals surface area contributed by atoms with Gasteiger partial charge in [-0.25, -0.2) is 0 Å². The van der Waals surface area contributed by atoms with E-state index in [1.807, 2.05) is 0 Å². The first kappa shape index (κ1) is 30.0. The van der Waals surface area contributed by atoms with Gasteiger partial charge in [0.15, 0.2) is 0 Å². The Labute approximate surface area is 302 Å². The van der Waals surface area contributed by atoms with Gasteiger partial charge in [-0.15, -0.1) is 0 Å². The summed E-state index contributed by atoms with van der Waals surface area (Å²) in [4.78, 5) is 2.40. The first-order valence-corrected chi connectivity index (χ1v) is 17.8. The second kappa shape index (κ2) is 12.5. The number of anilines is 3. The van der Waals surface area contributed by atoms with E-state index in [1.54, 1.807) is 0 Å². The summed E-state index contributed by atoms with van der Waals surface area (Å²) in [5.41, 5.74) is 11.9. The number of hydrogen-bond donors (Lipinski definition) is 0. The first-order valence-electron chi connectivity index (χ1n) is 17.8.